The fourth-order valence-corrected chi connectivity index (χ4v) is 4.05. The number of thiazole rings is 1. The molecule has 0 bridgehead atoms. The maximum atomic E-state index is 11.8. The monoisotopic (exact) mass is 347 g/mol. The molecule has 3 atom stereocenters. The molecule has 1 N–H and O–H groups in total. The summed E-state index contributed by atoms with van der Waals surface area (Å²) in [5.74, 6) is -0.151. The fourth-order valence-electron chi connectivity index (χ4n) is 2.72. The molecule has 0 saturated heterocycles. The van der Waals surface area contributed by atoms with Gasteiger partial charge in [-0.25, -0.2) is 4.98 Å². The van der Waals surface area contributed by atoms with Gasteiger partial charge in [-0.2, -0.15) is 0 Å². The number of hydrogen-bond acceptors (Lipinski definition) is 5. The maximum Gasteiger partial charge on any atom is 0.309 e. The Morgan fingerprint density at radius 3 is 3.00 bits per heavy atom. The van der Waals surface area contributed by atoms with Crippen LogP contribution in [0.5, 0.6) is 0 Å². The Balaban J connectivity index is 2.09. The van der Waals surface area contributed by atoms with E-state index in [0.29, 0.717) is 25.9 Å². The molecule has 19 heavy (non-hydrogen) atoms. The van der Waals surface area contributed by atoms with E-state index in [1.54, 1.807) is 6.20 Å². The van der Waals surface area contributed by atoms with Crippen molar-refractivity contribution in [3.63, 3.8) is 0 Å². The Bertz CT molecular complexity index is 464. The van der Waals surface area contributed by atoms with E-state index in [1.165, 1.54) is 11.3 Å². The minimum atomic E-state index is -0.904. The van der Waals surface area contributed by atoms with Crippen molar-refractivity contribution in [1.82, 2.24) is 4.98 Å². The van der Waals surface area contributed by atoms with Gasteiger partial charge in [-0.3, -0.25) is 4.79 Å². The zero-order chi connectivity index (χ0) is 14.0. The minimum absolute atomic E-state index is 0.0977. The van der Waals surface area contributed by atoms with E-state index in [-0.39, 0.29) is 17.8 Å². The van der Waals surface area contributed by atoms with Gasteiger partial charge < -0.3 is 9.84 Å². The van der Waals surface area contributed by atoms with Gasteiger partial charge in [0.1, 0.15) is 10.6 Å². The molecule has 1 heterocycles. The van der Waals surface area contributed by atoms with Crippen LogP contribution < -0.4 is 0 Å². The average Bonchev–Trinajstić information content (AvgIpc) is 2.77. The first kappa shape index (κ1) is 14.9. The summed E-state index contributed by atoms with van der Waals surface area (Å²) in [6.45, 7) is 4.22. The van der Waals surface area contributed by atoms with Gasteiger partial charge >= 0.3 is 5.97 Å². The van der Waals surface area contributed by atoms with Gasteiger partial charge in [0.05, 0.1) is 22.5 Å². The first-order chi connectivity index (χ1) is 8.96. The van der Waals surface area contributed by atoms with Crippen LogP contribution in [0.1, 0.15) is 38.1 Å². The maximum absolute atomic E-state index is 11.8. The molecule has 0 spiro atoms. The van der Waals surface area contributed by atoms with Crippen molar-refractivity contribution in [3.8, 4) is 0 Å². The lowest BCUT2D eigenvalue weighted by molar-refractivity contribution is -0.154. The first-order valence-corrected chi connectivity index (χ1v) is 8.08. The van der Waals surface area contributed by atoms with E-state index in [0.717, 1.165) is 8.79 Å². The highest BCUT2D eigenvalue weighted by molar-refractivity contribution is 9.11. The number of aromatic nitrogens is 1. The molecular weight excluding hydrogens is 330 g/mol. The molecule has 1 aliphatic carbocycles. The van der Waals surface area contributed by atoms with Crippen LogP contribution in [0.2, 0.25) is 0 Å². The molecule has 1 aliphatic rings. The molecule has 0 aliphatic heterocycles. The van der Waals surface area contributed by atoms with E-state index < -0.39 is 5.60 Å². The van der Waals surface area contributed by atoms with Crippen LogP contribution in [0.3, 0.4) is 0 Å². The molecule has 1 aromatic rings. The Morgan fingerprint density at radius 2 is 2.47 bits per heavy atom. The third-order valence-corrected chi connectivity index (χ3v) is 5.35. The Labute approximate surface area is 125 Å². The van der Waals surface area contributed by atoms with E-state index >= 15 is 0 Å². The number of ether oxygens (including phenoxy) is 1. The van der Waals surface area contributed by atoms with Gasteiger partial charge in [0.15, 0.2) is 0 Å². The highest BCUT2D eigenvalue weighted by Crippen LogP contribution is 2.44. The highest BCUT2D eigenvalue weighted by Gasteiger charge is 2.43. The van der Waals surface area contributed by atoms with Gasteiger partial charge in [0, 0.05) is 0 Å². The molecule has 1 aromatic heterocycles. The number of carbonyl (C=O) groups is 1. The van der Waals surface area contributed by atoms with Crippen LogP contribution in [0.15, 0.2) is 9.98 Å². The van der Waals surface area contributed by atoms with Crippen LogP contribution in [0.4, 0.5) is 0 Å². The summed E-state index contributed by atoms with van der Waals surface area (Å²) >= 11 is 4.82. The Kier molecular flexibility index (Phi) is 4.63. The minimum Gasteiger partial charge on any atom is -0.466 e. The third kappa shape index (κ3) is 3.17. The summed E-state index contributed by atoms with van der Waals surface area (Å²) in [4.78, 5) is 16.1. The van der Waals surface area contributed by atoms with Crippen molar-refractivity contribution < 1.29 is 14.6 Å². The van der Waals surface area contributed by atoms with Gasteiger partial charge in [-0.15, -0.1) is 11.3 Å². The second-order valence-electron chi connectivity index (χ2n) is 5.08. The lowest BCUT2D eigenvalue weighted by atomic mass is 9.72. The fraction of sp³-hybridized carbons (Fsp3) is 0.692. The lowest BCUT2D eigenvalue weighted by Crippen LogP contribution is -2.39. The molecule has 4 nitrogen and oxygen atoms in total. The van der Waals surface area contributed by atoms with Crippen LogP contribution >= 0.6 is 27.3 Å². The third-order valence-electron chi connectivity index (χ3n) is 3.68. The predicted molar refractivity (Wildman–Crippen MR) is 76.8 cm³/mol. The molecule has 2 rings (SSSR count). The molecule has 0 aromatic carbocycles. The number of rotatable bonds is 3. The summed E-state index contributed by atoms with van der Waals surface area (Å²) < 4.78 is 6.00. The van der Waals surface area contributed by atoms with Gasteiger partial charge in [0.25, 0.3) is 0 Å². The molecule has 1 saturated carbocycles. The average molecular weight is 348 g/mol. The number of carbonyl (C=O) groups excluding carboxylic acids is 1. The second-order valence-corrected chi connectivity index (χ2v) is 7.49. The zero-order valence-corrected chi connectivity index (χ0v) is 13.5. The molecule has 0 amide bonds. The standard InChI is InChI=1S/C13H18BrNO3S/c1-3-18-11(16)9-4-5-13(17,6-8(9)2)12-15-7-10(14)19-12/h7-9,17H,3-6H2,1-2H3. The van der Waals surface area contributed by atoms with Crippen molar-refractivity contribution in [1.29, 1.82) is 0 Å². The number of aliphatic hydroxyl groups is 1. The Hall–Kier alpha value is -0.460. The van der Waals surface area contributed by atoms with E-state index in [1.807, 2.05) is 13.8 Å². The van der Waals surface area contributed by atoms with Gasteiger partial charge in [-0.05, 0) is 48.0 Å². The summed E-state index contributed by atoms with van der Waals surface area (Å²) in [5, 5.41) is 11.5. The first-order valence-electron chi connectivity index (χ1n) is 6.47. The second kappa shape index (κ2) is 5.89. The summed E-state index contributed by atoms with van der Waals surface area (Å²) in [5.41, 5.74) is -0.904. The van der Waals surface area contributed by atoms with Gasteiger partial charge in [0.2, 0.25) is 0 Å². The van der Waals surface area contributed by atoms with Crippen molar-refractivity contribution in [2.24, 2.45) is 11.8 Å². The molecular formula is C13H18BrNO3S. The number of hydrogen-bond donors (Lipinski definition) is 1. The van der Waals surface area contributed by atoms with E-state index in [4.69, 9.17) is 4.74 Å². The summed E-state index contributed by atoms with van der Waals surface area (Å²) in [7, 11) is 0. The van der Waals surface area contributed by atoms with Crippen molar-refractivity contribution in [3.05, 3.63) is 15.0 Å². The SMILES string of the molecule is CCOC(=O)C1CCC(O)(c2ncc(Br)s2)CC1C. The van der Waals surface area contributed by atoms with E-state index in [9.17, 15) is 9.90 Å². The van der Waals surface area contributed by atoms with Crippen LogP contribution in [-0.2, 0) is 15.1 Å². The normalized spacial score (nSPS) is 31.2. The molecule has 106 valence electrons. The Morgan fingerprint density at radius 1 is 1.74 bits per heavy atom. The zero-order valence-electron chi connectivity index (χ0n) is 11.1. The number of nitrogens with zero attached hydrogens (tertiary/aromatic N) is 1. The van der Waals surface area contributed by atoms with Crippen molar-refractivity contribution in [2.45, 2.75) is 38.7 Å². The smallest absolute Gasteiger partial charge is 0.309 e. The molecule has 0 radical (unpaired) electrons. The lowest BCUT2D eigenvalue weighted by Gasteiger charge is -2.37. The molecule has 1 fully saturated rings. The number of esters is 1. The van der Waals surface area contributed by atoms with Crippen molar-refractivity contribution >= 4 is 33.2 Å². The van der Waals surface area contributed by atoms with Gasteiger partial charge in [-0.1, -0.05) is 6.92 Å². The topological polar surface area (TPSA) is 59.4 Å². The van der Waals surface area contributed by atoms with Crippen LogP contribution in [0, 0.1) is 11.8 Å². The highest BCUT2D eigenvalue weighted by atomic mass is 79.9. The summed E-state index contributed by atoms with van der Waals surface area (Å²) in [6.07, 6.45) is 3.46. The number of halogens is 1. The largest absolute Gasteiger partial charge is 0.466 e. The van der Waals surface area contributed by atoms with Crippen molar-refractivity contribution in [2.75, 3.05) is 6.61 Å². The van der Waals surface area contributed by atoms with E-state index in [2.05, 4.69) is 20.9 Å². The quantitative estimate of drug-likeness (QED) is 0.853. The molecule has 6 heteroatoms. The van der Waals surface area contributed by atoms with Crippen LogP contribution in [-0.4, -0.2) is 22.7 Å². The van der Waals surface area contributed by atoms with Crippen LogP contribution in [0.25, 0.3) is 0 Å². The predicted octanol–water partition coefficient (Wildman–Crippen LogP) is 3.09. The summed E-state index contributed by atoms with van der Waals surface area (Å²) in [6, 6.07) is 0. The molecule has 3 unspecified atom stereocenters.